The minimum absolute atomic E-state index is 0.367. The molecule has 0 fully saturated rings. The second-order valence-corrected chi connectivity index (χ2v) is 7.29. The highest BCUT2D eigenvalue weighted by atomic mass is 32.3. The average molecular weight is 355 g/mol. The van der Waals surface area contributed by atoms with Crippen LogP contribution in [0.25, 0.3) is 0 Å². The van der Waals surface area contributed by atoms with Crippen LogP contribution >= 0.6 is 0 Å². The number of unbranched alkanes of at least 4 members (excludes halogenated alkanes) is 9. The fourth-order valence-corrected chi connectivity index (χ4v) is 2.55. The zero-order valence-electron chi connectivity index (χ0n) is 15.0. The van der Waals surface area contributed by atoms with Crippen molar-refractivity contribution in [3.05, 3.63) is 0 Å². The van der Waals surface area contributed by atoms with Gasteiger partial charge in [-0.1, -0.05) is 90.9 Å². The van der Waals surface area contributed by atoms with Gasteiger partial charge in [-0.25, -0.2) is 0 Å². The molecule has 1 atom stereocenters. The summed E-state index contributed by atoms with van der Waals surface area (Å²) in [6, 6.07) is 0. The molecule has 0 radical (unpaired) electrons. The normalized spacial score (nSPS) is 12.6. The molecule has 142 valence electrons. The van der Waals surface area contributed by atoms with E-state index < -0.39 is 10.4 Å². The Bertz CT molecular complexity index is 309. The van der Waals surface area contributed by atoms with E-state index in [1.54, 1.807) is 0 Å². The first-order valence-corrected chi connectivity index (χ1v) is 10.5. The minimum Gasteiger partial charge on any atom is -0.396 e. The van der Waals surface area contributed by atoms with E-state index in [0.29, 0.717) is 6.61 Å². The maximum Gasteiger partial charge on any atom is 0.394 e. The van der Waals surface area contributed by atoms with E-state index in [1.165, 1.54) is 77.0 Å². The van der Waals surface area contributed by atoms with Crippen molar-refractivity contribution in [2.24, 2.45) is 5.92 Å². The largest absolute Gasteiger partial charge is 0.396 e. The Morgan fingerprint density at radius 3 is 1.48 bits per heavy atom. The van der Waals surface area contributed by atoms with Gasteiger partial charge in [0.25, 0.3) is 0 Å². The summed E-state index contributed by atoms with van der Waals surface area (Å²) < 4.78 is 31.6. The molecule has 0 aliphatic carbocycles. The van der Waals surface area contributed by atoms with E-state index in [0.717, 1.165) is 12.3 Å². The molecule has 0 amide bonds. The van der Waals surface area contributed by atoms with Crippen molar-refractivity contribution in [1.29, 1.82) is 0 Å². The van der Waals surface area contributed by atoms with Crippen LogP contribution in [0.3, 0.4) is 0 Å². The predicted molar refractivity (Wildman–Crippen MR) is 96.1 cm³/mol. The highest BCUT2D eigenvalue weighted by Crippen LogP contribution is 2.17. The van der Waals surface area contributed by atoms with Crippen LogP contribution in [0.15, 0.2) is 0 Å². The smallest absolute Gasteiger partial charge is 0.394 e. The number of hydrogen-bond acceptors (Lipinski definition) is 3. The van der Waals surface area contributed by atoms with Crippen molar-refractivity contribution in [3.8, 4) is 0 Å². The van der Waals surface area contributed by atoms with Gasteiger partial charge in [-0.2, -0.15) is 8.42 Å². The van der Waals surface area contributed by atoms with Crippen molar-refractivity contribution in [1.82, 2.24) is 0 Å². The quantitative estimate of drug-likeness (QED) is 0.299. The number of hydrogen-bond donors (Lipinski definition) is 3. The number of aliphatic hydroxyl groups excluding tert-OH is 1. The van der Waals surface area contributed by atoms with Gasteiger partial charge in [0, 0.05) is 6.61 Å². The minimum atomic E-state index is -4.67. The second-order valence-electron chi connectivity index (χ2n) is 6.39. The highest BCUT2D eigenvalue weighted by Gasteiger charge is 2.01. The van der Waals surface area contributed by atoms with Crippen LogP contribution in [0, 0.1) is 5.92 Å². The van der Waals surface area contributed by atoms with Crippen molar-refractivity contribution in [3.63, 3.8) is 0 Å². The van der Waals surface area contributed by atoms with Crippen LogP contribution in [-0.2, 0) is 10.4 Å². The predicted octanol–water partition coefficient (Wildman–Crippen LogP) is 5.05. The zero-order chi connectivity index (χ0) is 18.0. The lowest BCUT2D eigenvalue weighted by atomic mass is 9.96. The molecule has 0 aromatic rings. The van der Waals surface area contributed by atoms with E-state index in [9.17, 15) is 0 Å². The standard InChI is InChI=1S/C17H36O.H2O4S/c1-3-4-5-6-7-8-9-11-14-17(2)15-12-10-13-16-18;1-5(2,3)4/h17-18H,3-16H2,1-2H3;(H2,1,2,3,4). The zero-order valence-corrected chi connectivity index (χ0v) is 15.9. The van der Waals surface area contributed by atoms with E-state index in [-0.39, 0.29) is 0 Å². The molecule has 1 unspecified atom stereocenters. The molecule has 0 aliphatic heterocycles. The summed E-state index contributed by atoms with van der Waals surface area (Å²) in [4.78, 5) is 0. The van der Waals surface area contributed by atoms with E-state index in [2.05, 4.69) is 13.8 Å². The summed E-state index contributed by atoms with van der Waals surface area (Å²) in [6.07, 6.45) is 17.7. The third-order valence-corrected chi connectivity index (χ3v) is 3.91. The van der Waals surface area contributed by atoms with Gasteiger partial charge in [0.05, 0.1) is 0 Å². The summed E-state index contributed by atoms with van der Waals surface area (Å²) in [7, 11) is -4.67. The van der Waals surface area contributed by atoms with E-state index in [1.807, 2.05) is 0 Å². The fraction of sp³-hybridized carbons (Fsp3) is 1.00. The van der Waals surface area contributed by atoms with Gasteiger partial charge in [-0.3, -0.25) is 9.11 Å². The summed E-state index contributed by atoms with van der Waals surface area (Å²) in [5.74, 6) is 0.892. The van der Waals surface area contributed by atoms with Crippen molar-refractivity contribution < 1.29 is 22.6 Å². The molecular weight excluding hydrogens is 316 g/mol. The lowest BCUT2D eigenvalue weighted by Gasteiger charge is -2.10. The van der Waals surface area contributed by atoms with Crippen molar-refractivity contribution >= 4 is 10.4 Å². The average Bonchev–Trinajstić information content (AvgIpc) is 2.45. The molecule has 0 saturated heterocycles. The number of aliphatic hydroxyl groups is 1. The maximum atomic E-state index is 8.74. The summed E-state index contributed by atoms with van der Waals surface area (Å²) in [5.41, 5.74) is 0. The Kier molecular flexibility index (Phi) is 19.8. The molecule has 0 aromatic carbocycles. The SMILES string of the molecule is CCCCCCCCCCC(C)CCCCCO.O=S(=O)(O)O. The van der Waals surface area contributed by atoms with Gasteiger partial charge in [0.1, 0.15) is 0 Å². The Hall–Kier alpha value is -0.170. The van der Waals surface area contributed by atoms with Crippen molar-refractivity contribution in [2.75, 3.05) is 6.61 Å². The Morgan fingerprint density at radius 1 is 0.739 bits per heavy atom. The summed E-state index contributed by atoms with van der Waals surface area (Å²) in [6.45, 7) is 5.04. The van der Waals surface area contributed by atoms with E-state index in [4.69, 9.17) is 22.6 Å². The maximum absolute atomic E-state index is 8.74. The summed E-state index contributed by atoms with van der Waals surface area (Å²) in [5, 5.41) is 8.71. The topological polar surface area (TPSA) is 94.8 Å². The molecule has 0 rings (SSSR count). The third kappa shape index (κ3) is 34.3. The molecule has 0 saturated carbocycles. The van der Waals surface area contributed by atoms with Crippen molar-refractivity contribution in [2.45, 2.75) is 97.3 Å². The molecule has 0 heterocycles. The first kappa shape index (κ1) is 25.1. The van der Waals surface area contributed by atoms with Crippen LogP contribution in [0.2, 0.25) is 0 Å². The monoisotopic (exact) mass is 354 g/mol. The molecular formula is C17H38O5S. The highest BCUT2D eigenvalue weighted by molar-refractivity contribution is 7.79. The van der Waals surface area contributed by atoms with Crippen LogP contribution in [0.1, 0.15) is 97.3 Å². The van der Waals surface area contributed by atoms with Gasteiger partial charge in [-0.05, 0) is 12.3 Å². The van der Waals surface area contributed by atoms with Gasteiger partial charge in [-0.15, -0.1) is 0 Å². The Morgan fingerprint density at radius 2 is 1.09 bits per heavy atom. The fourth-order valence-electron chi connectivity index (χ4n) is 2.55. The van der Waals surface area contributed by atoms with Gasteiger partial charge in [0.2, 0.25) is 0 Å². The lowest BCUT2D eigenvalue weighted by molar-refractivity contribution is 0.280. The first-order chi connectivity index (χ1) is 10.8. The number of rotatable bonds is 14. The lowest BCUT2D eigenvalue weighted by Crippen LogP contribution is -1.95. The molecule has 0 bridgehead atoms. The van der Waals surface area contributed by atoms with Gasteiger partial charge in [0.15, 0.2) is 0 Å². The van der Waals surface area contributed by atoms with Crippen LogP contribution < -0.4 is 0 Å². The molecule has 0 aromatic heterocycles. The van der Waals surface area contributed by atoms with Gasteiger partial charge >= 0.3 is 10.4 Å². The van der Waals surface area contributed by atoms with E-state index >= 15 is 0 Å². The molecule has 0 aliphatic rings. The molecule has 6 heteroatoms. The molecule has 5 nitrogen and oxygen atoms in total. The Balaban J connectivity index is 0. The Labute approximate surface area is 143 Å². The second kappa shape index (κ2) is 18.2. The first-order valence-electron chi connectivity index (χ1n) is 9.12. The van der Waals surface area contributed by atoms with Crippen LogP contribution in [-0.4, -0.2) is 29.2 Å². The summed E-state index contributed by atoms with van der Waals surface area (Å²) >= 11 is 0. The van der Waals surface area contributed by atoms with Crippen LogP contribution in [0.4, 0.5) is 0 Å². The molecule has 0 spiro atoms. The molecule has 23 heavy (non-hydrogen) atoms. The molecule has 3 N–H and O–H groups in total. The third-order valence-electron chi connectivity index (χ3n) is 3.91. The van der Waals surface area contributed by atoms with Crippen LogP contribution in [0.5, 0.6) is 0 Å². The van der Waals surface area contributed by atoms with Gasteiger partial charge < -0.3 is 5.11 Å².